The van der Waals surface area contributed by atoms with E-state index in [9.17, 15) is 0 Å². The Balaban J connectivity index is 2.44. The number of rotatable bonds is 4. The molecule has 0 spiro atoms. The zero-order valence-corrected chi connectivity index (χ0v) is 11.5. The molecular formula is C14H27NO. The smallest absolute Gasteiger partial charge is 0.0589 e. The molecule has 0 aromatic carbocycles. The number of hydrogen-bond acceptors (Lipinski definition) is 2. The van der Waals surface area contributed by atoms with Crippen molar-refractivity contribution in [2.75, 3.05) is 27.3 Å². The maximum absolute atomic E-state index is 5.12. The minimum atomic E-state index is 0.357. The lowest BCUT2D eigenvalue weighted by atomic mass is 9.79. The van der Waals surface area contributed by atoms with E-state index in [1.54, 1.807) is 12.7 Å². The lowest BCUT2D eigenvalue weighted by Gasteiger charge is -2.34. The molecule has 0 aromatic rings. The van der Waals surface area contributed by atoms with E-state index in [1.807, 2.05) is 0 Å². The first kappa shape index (κ1) is 13.7. The van der Waals surface area contributed by atoms with Crippen LogP contribution in [0.2, 0.25) is 0 Å². The quantitative estimate of drug-likeness (QED) is 0.682. The molecule has 1 atom stereocenters. The Morgan fingerprint density at radius 1 is 1.44 bits per heavy atom. The molecule has 1 aliphatic carbocycles. The third-order valence-corrected chi connectivity index (χ3v) is 3.62. The first-order chi connectivity index (χ1) is 7.45. The Bertz CT molecular complexity index is 240. The number of hydrogen-bond donors (Lipinski definition) is 0. The molecule has 0 saturated carbocycles. The van der Waals surface area contributed by atoms with Crippen LogP contribution in [-0.4, -0.2) is 38.3 Å². The van der Waals surface area contributed by atoms with E-state index in [0.29, 0.717) is 11.5 Å². The van der Waals surface area contributed by atoms with Crippen LogP contribution in [0.15, 0.2) is 11.6 Å². The molecule has 0 saturated heterocycles. The fourth-order valence-electron chi connectivity index (χ4n) is 2.32. The van der Waals surface area contributed by atoms with Crippen LogP contribution in [0.1, 0.15) is 40.0 Å². The second kappa shape index (κ2) is 5.83. The van der Waals surface area contributed by atoms with Gasteiger partial charge < -0.3 is 9.64 Å². The Morgan fingerprint density at radius 3 is 2.56 bits per heavy atom. The Labute approximate surface area is 101 Å². The van der Waals surface area contributed by atoms with Crippen molar-refractivity contribution in [1.82, 2.24) is 4.90 Å². The van der Waals surface area contributed by atoms with Crippen molar-refractivity contribution < 1.29 is 4.74 Å². The molecule has 0 bridgehead atoms. The fraction of sp³-hybridized carbons (Fsp3) is 0.857. The molecule has 0 radical (unpaired) electrons. The highest BCUT2D eigenvalue weighted by Gasteiger charge is 2.24. The summed E-state index contributed by atoms with van der Waals surface area (Å²) >= 11 is 0. The third kappa shape index (κ3) is 3.91. The van der Waals surface area contributed by atoms with Gasteiger partial charge in [0, 0.05) is 19.7 Å². The van der Waals surface area contributed by atoms with Crippen LogP contribution in [0.5, 0.6) is 0 Å². The maximum atomic E-state index is 5.12. The van der Waals surface area contributed by atoms with Gasteiger partial charge in [0.05, 0.1) is 6.61 Å². The van der Waals surface area contributed by atoms with Crippen molar-refractivity contribution in [2.45, 2.75) is 46.1 Å². The lowest BCUT2D eigenvalue weighted by molar-refractivity contribution is 0.133. The number of methoxy groups -OCH3 is 1. The highest BCUT2D eigenvalue weighted by atomic mass is 16.5. The van der Waals surface area contributed by atoms with Gasteiger partial charge in [0.15, 0.2) is 0 Å². The van der Waals surface area contributed by atoms with Crippen LogP contribution in [0.3, 0.4) is 0 Å². The summed E-state index contributed by atoms with van der Waals surface area (Å²) in [7, 11) is 3.98. The van der Waals surface area contributed by atoms with E-state index in [-0.39, 0.29) is 0 Å². The summed E-state index contributed by atoms with van der Waals surface area (Å²) in [6, 6.07) is 0.709. The van der Waals surface area contributed by atoms with E-state index in [0.717, 1.165) is 13.2 Å². The molecule has 0 fully saturated rings. The van der Waals surface area contributed by atoms with E-state index in [4.69, 9.17) is 4.74 Å². The maximum Gasteiger partial charge on any atom is 0.0589 e. The van der Waals surface area contributed by atoms with Gasteiger partial charge in [-0.3, -0.25) is 0 Å². The Morgan fingerprint density at radius 2 is 2.12 bits per heavy atom. The molecular weight excluding hydrogens is 198 g/mol. The highest BCUT2D eigenvalue weighted by molar-refractivity contribution is 5.14. The zero-order chi connectivity index (χ0) is 12.2. The summed E-state index contributed by atoms with van der Waals surface area (Å²) in [6.07, 6.45) is 6.21. The van der Waals surface area contributed by atoms with Crippen molar-refractivity contribution >= 4 is 0 Å². The van der Waals surface area contributed by atoms with Gasteiger partial charge >= 0.3 is 0 Å². The van der Waals surface area contributed by atoms with Crippen molar-refractivity contribution in [2.24, 2.45) is 5.41 Å². The van der Waals surface area contributed by atoms with Gasteiger partial charge in [0.2, 0.25) is 0 Å². The normalized spacial score (nSPS) is 22.4. The van der Waals surface area contributed by atoms with E-state index in [2.05, 4.69) is 38.8 Å². The molecule has 0 amide bonds. The second-order valence-electron chi connectivity index (χ2n) is 5.88. The van der Waals surface area contributed by atoms with Gasteiger partial charge in [-0.15, -0.1) is 0 Å². The van der Waals surface area contributed by atoms with Crippen LogP contribution in [0.4, 0.5) is 0 Å². The summed E-state index contributed by atoms with van der Waals surface area (Å²) < 4.78 is 5.12. The van der Waals surface area contributed by atoms with Crippen molar-refractivity contribution in [3.63, 3.8) is 0 Å². The number of ether oxygens (including phenoxy) is 1. The summed E-state index contributed by atoms with van der Waals surface area (Å²) in [5, 5.41) is 0. The standard InChI is InChI=1S/C14H27NO/c1-14(2,3)12-6-8-13(9-7-12)15(4)10-11-16-5/h6,13H,7-11H2,1-5H3/t13-/m0/s1. The molecule has 0 aromatic heterocycles. The van der Waals surface area contributed by atoms with Crippen molar-refractivity contribution in [3.05, 3.63) is 11.6 Å². The SMILES string of the molecule is COCCN(C)[C@H]1CC=C(C(C)(C)C)CC1. The minimum Gasteiger partial charge on any atom is -0.383 e. The van der Waals surface area contributed by atoms with Crippen LogP contribution >= 0.6 is 0 Å². The van der Waals surface area contributed by atoms with Crippen LogP contribution in [0, 0.1) is 5.41 Å². The van der Waals surface area contributed by atoms with Crippen molar-refractivity contribution in [1.29, 1.82) is 0 Å². The molecule has 0 unspecified atom stereocenters. The summed E-state index contributed by atoms with van der Waals surface area (Å²) in [6.45, 7) is 8.82. The fourth-order valence-corrected chi connectivity index (χ4v) is 2.32. The molecule has 2 heteroatoms. The molecule has 1 aliphatic rings. The van der Waals surface area contributed by atoms with Gasteiger partial charge in [0.1, 0.15) is 0 Å². The van der Waals surface area contributed by atoms with E-state index < -0.39 is 0 Å². The number of nitrogens with zero attached hydrogens (tertiary/aromatic N) is 1. The van der Waals surface area contributed by atoms with Crippen LogP contribution < -0.4 is 0 Å². The molecule has 0 aliphatic heterocycles. The monoisotopic (exact) mass is 225 g/mol. The number of allylic oxidation sites excluding steroid dienone is 1. The Kier molecular flexibility index (Phi) is 5.00. The lowest BCUT2D eigenvalue weighted by Crippen LogP contribution is -2.36. The van der Waals surface area contributed by atoms with E-state index in [1.165, 1.54) is 19.3 Å². The average molecular weight is 225 g/mol. The average Bonchev–Trinajstić information content (AvgIpc) is 2.25. The van der Waals surface area contributed by atoms with Gasteiger partial charge in [0.25, 0.3) is 0 Å². The molecule has 94 valence electrons. The molecule has 0 heterocycles. The van der Waals surface area contributed by atoms with Gasteiger partial charge in [-0.1, -0.05) is 32.4 Å². The van der Waals surface area contributed by atoms with Gasteiger partial charge in [-0.25, -0.2) is 0 Å². The zero-order valence-electron chi connectivity index (χ0n) is 11.5. The van der Waals surface area contributed by atoms with Crippen molar-refractivity contribution in [3.8, 4) is 0 Å². The summed E-state index contributed by atoms with van der Waals surface area (Å²) in [4.78, 5) is 2.43. The van der Waals surface area contributed by atoms with Crippen LogP contribution in [-0.2, 0) is 4.74 Å². The van der Waals surface area contributed by atoms with Crippen LogP contribution in [0.25, 0.3) is 0 Å². The predicted molar refractivity (Wildman–Crippen MR) is 69.7 cm³/mol. The van der Waals surface area contributed by atoms with E-state index >= 15 is 0 Å². The minimum absolute atomic E-state index is 0.357. The largest absolute Gasteiger partial charge is 0.383 e. The summed E-state index contributed by atoms with van der Waals surface area (Å²) in [5.41, 5.74) is 1.99. The molecule has 2 nitrogen and oxygen atoms in total. The molecule has 0 N–H and O–H groups in total. The Hall–Kier alpha value is -0.340. The first-order valence-corrected chi connectivity index (χ1v) is 6.34. The first-order valence-electron chi connectivity index (χ1n) is 6.34. The third-order valence-electron chi connectivity index (χ3n) is 3.62. The molecule has 16 heavy (non-hydrogen) atoms. The van der Waals surface area contributed by atoms with Gasteiger partial charge in [-0.05, 0) is 31.7 Å². The molecule has 1 rings (SSSR count). The second-order valence-corrected chi connectivity index (χ2v) is 5.88. The number of likely N-dealkylation sites (N-methyl/N-ethyl adjacent to an activating group) is 1. The predicted octanol–water partition coefficient (Wildman–Crippen LogP) is 3.09. The summed E-state index contributed by atoms with van der Waals surface area (Å²) in [5.74, 6) is 0. The van der Waals surface area contributed by atoms with Gasteiger partial charge in [-0.2, -0.15) is 0 Å². The topological polar surface area (TPSA) is 12.5 Å². The highest BCUT2D eigenvalue weighted by Crippen LogP contribution is 2.34.